The van der Waals surface area contributed by atoms with Gasteiger partial charge in [-0.1, -0.05) is 6.92 Å². The molecule has 0 bridgehead atoms. The van der Waals surface area contributed by atoms with Gasteiger partial charge in [-0.05, 0) is 6.42 Å². The summed E-state index contributed by atoms with van der Waals surface area (Å²) >= 11 is 0. The average molecular weight is 156 g/mol. The average Bonchev–Trinajstić information content (AvgIpc) is 1.98. The van der Waals surface area contributed by atoms with Crippen molar-refractivity contribution in [3.8, 4) is 0 Å². The second-order valence-corrected chi connectivity index (χ2v) is 2.62. The Bertz CT molecular complexity index is 179. The molecule has 0 aromatic rings. The van der Waals surface area contributed by atoms with Gasteiger partial charge in [0.05, 0.1) is 13.1 Å². The van der Waals surface area contributed by atoms with Gasteiger partial charge in [0.15, 0.2) is 5.78 Å². The first-order chi connectivity index (χ1) is 5.24. The lowest BCUT2D eigenvalue weighted by atomic mass is 10.3. The number of nitrogens with one attached hydrogen (secondary N) is 1. The van der Waals surface area contributed by atoms with Gasteiger partial charge in [-0.2, -0.15) is 0 Å². The van der Waals surface area contributed by atoms with Crippen LogP contribution < -0.4 is 5.32 Å². The summed E-state index contributed by atoms with van der Waals surface area (Å²) in [5.74, 6) is 0.0815. The normalized spacial score (nSPS) is 18.5. The summed E-state index contributed by atoms with van der Waals surface area (Å²) in [4.78, 5) is 23.4. The van der Waals surface area contributed by atoms with Crippen LogP contribution >= 0.6 is 0 Å². The number of hydrogen-bond donors (Lipinski definition) is 1. The fraction of sp³-hybridized carbons (Fsp3) is 0.714. The Balaban J connectivity index is 2.47. The molecular weight excluding hydrogens is 144 g/mol. The summed E-state index contributed by atoms with van der Waals surface area (Å²) in [7, 11) is 0. The van der Waals surface area contributed by atoms with Gasteiger partial charge in [-0.3, -0.25) is 4.79 Å². The third kappa shape index (κ3) is 1.93. The fourth-order valence-corrected chi connectivity index (χ4v) is 1.08. The van der Waals surface area contributed by atoms with Gasteiger partial charge in [0.1, 0.15) is 0 Å². The van der Waals surface area contributed by atoms with Crippen molar-refractivity contribution in [2.24, 2.45) is 0 Å². The van der Waals surface area contributed by atoms with Gasteiger partial charge in [-0.15, -0.1) is 0 Å². The number of carbonyl (C=O) groups is 2. The molecule has 0 unspecified atom stereocenters. The van der Waals surface area contributed by atoms with Crippen LogP contribution in [0.1, 0.15) is 13.3 Å². The number of nitrogens with zero attached hydrogens (tertiary/aromatic N) is 1. The zero-order valence-electron chi connectivity index (χ0n) is 6.59. The molecule has 0 aliphatic carbocycles. The van der Waals surface area contributed by atoms with Crippen LogP contribution in [0.4, 0.5) is 4.79 Å². The Hall–Kier alpha value is -1.06. The van der Waals surface area contributed by atoms with Crippen LogP contribution in [0.2, 0.25) is 0 Å². The number of urea groups is 1. The molecule has 0 aromatic carbocycles. The van der Waals surface area contributed by atoms with E-state index in [9.17, 15) is 9.59 Å². The van der Waals surface area contributed by atoms with E-state index in [1.165, 1.54) is 4.90 Å². The van der Waals surface area contributed by atoms with E-state index in [4.69, 9.17) is 0 Å². The SMILES string of the molecule is CCCN1CC(=O)CNC1=O. The molecule has 0 radical (unpaired) electrons. The van der Waals surface area contributed by atoms with Crippen molar-refractivity contribution in [2.45, 2.75) is 13.3 Å². The summed E-state index contributed by atoms with van der Waals surface area (Å²) in [5.41, 5.74) is 0. The summed E-state index contributed by atoms with van der Waals surface area (Å²) in [5, 5.41) is 2.50. The molecule has 1 aliphatic rings. The molecule has 1 fully saturated rings. The predicted molar refractivity (Wildman–Crippen MR) is 40.3 cm³/mol. The largest absolute Gasteiger partial charge is 0.331 e. The van der Waals surface area contributed by atoms with Crippen LogP contribution in [0.3, 0.4) is 0 Å². The van der Waals surface area contributed by atoms with Gasteiger partial charge in [0, 0.05) is 6.54 Å². The van der Waals surface area contributed by atoms with Gasteiger partial charge in [0.25, 0.3) is 0 Å². The molecule has 4 nitrogen and oxygen atoms in total. The molecule has 1 saturated heterocycles. The molecule has 1 N–H and O–H groups in total. The molecular formula is C7H12N2O2. The van der Waals surface area contributed by atoms with Crippen LogP contribution in [0.25, 0.3) is 0 Å². The second kappa shape index (κ2) is 3.37. The summed E-state index contributed by atoms with van der Waals surface area (Å²) < 4.78 is 0. The maximum Gasteiger partial charge on any atom is 0.318 e. The summed E-state index contributed by atoms with van der Waals surface area (Å²) in [6.45, 7) is 3.11. The molecule has 2 amide bonds. The van der Waals surface area contributed by atoms with Crippen molar-refractivity contribution in [3.05, 3.63) is 0 Å². The Morgan fingerprint density at radius 1 is 1.55 bits per heavy atom. The predicted octanol–water partition coefficient (Wildman–Crippen LogP) is -0.00930. The monoisotopic (exact) mass is 156 g/mol. The molecule has 1 heterocycles. The lowest BCUT2D eigenvalue weighted by Gasteiger charge is -2.25. The highest BCUT2D eigenvalue weighted by Gasteiger charge is 2.21. The highest BCUT2D eigenvalue weighted by molar-refractivity contribution is 5.93. The third-order valence-corrected chi connectivity index (χ3v) is 1.58. The minimum Gasteiger partial charge on any atom is -0.331 e. The molecule has 62 valence electrons. The van der Waals surface area contributed by atoms with Crippen LogP contribution in [-0.2, 0) is 4.79 Å². The first-order valence-electron chi connectivity index (χ1n) is 3.78. The minimum absolute atomic E-state index is 0.0815. The van der Waals surface area contributed by atoms with Crippen LogP contribution in [-0.4, -0.2) is 36.3 Å². The molecule has 0 saturated carbocycles. The fourth-order valence-electron chi connectivity index (χ4n) is 1.08. The van der Waals surface area contributed by atoms with Crippen molar-refractivity contribution in [3.63, 3.8) is 0 Å². The molecule has 0 aromatic heterocycles. The van der Waals surface area contributed by atoms with Crippen LogP contribution in [0.5, 0.6) is 0 Å². The van der Waals surface area contributed by atoms with Crippen LogP contribution in [0, 0.1) is 0 Å². The molecule has 1 aliphatic heterocycles. The van der Waals surface area contributed by atoms with Crippen molar-refractivity contribution in [1.82, 2.24) is 10.2 Å². The van der Waals surface area contributed by atoms with E-state index < -0.39 is 0 Å². The third-order valence-electron chi connectivity index (χ3n) is 1.58. The molecule has 0 atom stereocenters. The van der Waals surface area contributed by atoms with Gasteiger partial charge < -0.3 is 10.2 Å². The molecule has 4 heteroatoms. The Labute approximate surface area is 65.6 Å². The number of Topliss-reactive ketones (excluding diaryl/α,β-unsaturated/α-hetero) is 1. The minimum atomic E-state index is -0.119. The maximum atomic E-state index is 11.0. The quantitative estimate of drug-likeness (QED) is 0.611. The Morgan fingerprint density at radius 3 is 2.91 bits per heavy atom. The van der Waals surface area contributed by atoms with E-state index >= 15 is 0 Å². The topological polar surface area (TPSA) is 49.4 Å². The van der Waals surface area contributed by atoms with Crippen LogP contribution in [0.15, 0.2) is 0 Å². The highest BCUT2D eigenvalue weighted by atomic mass is 16.2. The molecule has 11 heavy (non-hydrogen) atoms. The second-order valence-electron chi connectivity index (χ2n) is 2.62. The Kier molecular flexibility index (Phi) is 2.46. The van der Waals surface area contributed by atoms with E-state index in [0.717, 1.165) is 6.42 Å². The van der Waals surface area contributed by atoms with Gasteiger partial charge in [-0.25, -0.2) is 4.79 Å². The van der Waals surface area contributed by atoms with Gasteiger partial charge >= 0.3 is 6.03 Å². The summed E-state index contributed by atoms with van der Waals surface area (Å²) in [6.07, 6.45) is 0.890. The first kappa shape index (κ1) is 8.04. The lowest BCUT2D eigenvalue weighted by molar-refractivity contribution is -0.119. The number of rotatable bonds is 2. The van der Waals surface area contributed by atoms with E-state index in [0.29, 0.717) is 6.54 Å². The summed E-state index contributed by atoms with van der Waals surface area (Å²) in [6, 6.07) is -0.119. The molecule has 1 rings (SSSR count). The molecule has 0 spiro atoms. The van der Waals surface area contributed by atoms with Crippen molar-refractivity contribution in [1.29, 1.82) is 0 Å². The zero-order chi connectivity index (χ0) is 8.27. The highest BCUT2D eigenvalue weighted by Crippen LogP contribution is 1.96. The number of amides is 2. The standard InChI is InChI=1S/C7H12N2O2/c1-2-3-9-5-6(10)4-8-7(9)11/h2-5H2,1H3,(H,8,11). The van der Waals surface area contributed by atoms with Crippen molar-refractivity contribution < 1.29 is 9.59 Å². The van der Waals surface area contributed by atoms with E-state index in [1.807, 2.05) is 6.92 Å². The van der Waals surface area contributed by atoms with E-state index in [2.05, 4.69) is 5.32 Å². The number of carbonyl (C=O) groups excluding carboxylic acids is 2. The zero-order valence-corrected chi connectivity index (χ0v) is 6.59. The number of hydrogen-bond acceptors (Lipinski definition) is 2. The van der Waals surface area contributed by atoms with E-state index in [1.54, 1.807) is 0 Å². The maximum absolute atomic E-state index is 11.0. The smallest absolute Gasteiger partial charge is 0.318 e. The first-order valence-corrected chi connectivity index (χ1v) is 3.78. The lowest BCUT2D eigenvalue weighted by Crippen LogP contribution is -2.51. The van der Waals surface area contributed by atoms with E-state index in [-0.39, 0.29) is 24.9 Å². The van der Waals surface area contributed by atoms with Crippen molar-refractivity contribution in [2.75, 3.05) is 19.6 Å². The van der Waals surface area contributed by atoms with Gasteiger partial charge in [0.2, 0.25) is 0 Å². The van der Waals surface area contributed by atoms with Crippen molar-refractivity contribution >= 4 is 11.8 Å². The Morgan fingerprint density at radius 2 is 2.27 bits per heavy atom. The number of ketones is 1.